The highest BCUT2D eigenvalue weighted by Crippen LogP contribution is 2.28. The first-order valence-corrected chi connectivity index (χ1v) is 12.6. The summed E-state index contributed by atoms with van der Waals surface area (Å²) in [5.74, 6) is 0.367. The van der Waals surface area contributed by atoms with Crippen molar-refractivity contribution in [2.45, 2.75) is 38.5 Å². The highest BCUT2D eigenvalue weighted by Gasteiger charge is 2.26. The van der Waals surface area contributed by atoms with Gasteiger partial charge in [-0.1, -0.05) is 6.92 Å². The van der Waals surface area contributed by atoms with E-state index >= 15 is 0 Å². The van der Waals surface area contributed by atoms with Crippen LogP contribution in [0.5, 0.6) is 0 Å². The molecular formula is C24H31N5O3S. The molecule has 0 unspecified atom stereocenters. The molecule has 1 fully saturated rings. The second kappa shape index (κ2) is 9.15. The number of carbonyl (C=O) groups is 1. The number of rotatable bonds is 6. The maximum absolute atomic E-state index is 13.2. The Balaban J connectivity index is 1.45. The van der Waals surface area contributed by atoms with Crippen LogP contribution >= 0.6 is 0 Å². The number of amides is 1. The van der Waals surface area contributed by atoms with Gasteiger partial charge in [-0.15, -0.1) is 0 Å². The molecule has 0 saturated carbocycles. The summed E-state index contributed by atoms with van der Waals surface area (Å²) in [4.78, 5) is 15.2. The van der Waals surface area contributed by atoms with Crippen LogP contribution in [0.2, 0.25) is 0 Å². The molecule has 2 heterocycles. The molecule has 9 heteroatoms. The molecule has 0 spiro atoms. The Morgan fingerprint density at radius 1 is 1.21 bits per heavy atom. The molecule has 176 valence electrons. The molecule has 8 nitrogen and oxygen atoms in total. The third kappa shape index (κ3) is 4.89. The zero-order valence-corrected chi connectivity index (χ0v) is 20.4. The lowest BCUT2D eigenvalue weighted by molar-refractivity contribution is -0.116. The summed E-state index contributed by atoms with van der Waals surface area (Å²) in [6.07, 6.45) is 3.96. The Bertz CT molecular complexity index is 1280. The van der Waals surface area contributed by atoms with Crippen molar-refractivity contribution in [3.63, 3.8) is 0 Å². The summed E-state index contributed by atoms with van der Waals surface area (Å²) < 4.78 is 27.4. The first-order chi connectivity index (χ1) is 15.6. The van der Waals surface area contributed by atoms with Gasteiger partial charge in [-0.25, -0.2) is 8.42 Å². The molecule has 4 rings (SSSR count). The molecule has 1 aromatic heterocycles. The number of nitrogens with one attached hydrogen (secondary N) is 2. The minimum atomic E-state index is -3.88. The standard InChI is InChI=1S/C24H31N5O3S/c1-16-7-9-29(10-8-16)21-6-5-20(13-18(21)3)26-23(30)15-28(4)33(31,32)22-12-17(2)11-19-14-25-27-24(19)22/h5-6,11-14,16H,7-10,15H2,1-4H3,(H,25,27)(H,26,30). The fraction of sp³-hybridized carbons (Fsp3) is 0.417. The SMILES string of the molecule is Cc1cc(S(=O)(=O)N(C)CC(=O)Nc2ccc(N3CCC(C)CC3)c(C)c2)c2[nH]ncc2c1. The van der Waals surface area contributed by atoms with E-state index in [-0.39, 0.29) is 11.4 Å². The number of fused-ring (bicyclic) bond motifs is 1. The number of likely N-dealkylation sites (N-methyl/N-ethyl adjacent to an activating group) is 1. The van der Waals surface area contributed by atoms with Gasteiger partial charge >= 0.3 is 0 Å². The van der Waals surface area contributed by atoms with Gasteiger partial charge in [0.25, 0.3) is 0 Å². The molecule has 0 radical (unpaired) electrons. The summed E-state index contributed by atoms with van der Waals surface area (Å²) in [6, 6.07) is 9.30. The van der Waals surface area contributed by atoms with E-state index in [4.69, 9.17) is 0 Å². The molecule has 0 bridgehead atoms. The summed E-state index contributed by atoms with van der Waals surface area (Å²) in [5.41, 5.74) is 4.17. The lowest BCUT2D eigenvalue weighted by Gasteiger charge is -2.33. The number of aryl methyl sites for hydroxylation is 2. The van der Waals surface area contributed by atoms with Gasteiger partial charge in [0, 0.05) is 36.9 Å². The fourth-order valence-corrected chi connectivity index (χ4v) is 5.74. The van der Waals surface area contributed by atoms with Crippen LogP contribution in [-0.4, -0.2) is 55.5 Å². The molecule has 0 atom stereocenters. The number of sulfonamides is 1. The van der Waals surface area contributed by atoms with E-state index in [2.05, 4.69) is 27.3 Å². The molecule has 2 N–H and O–H groups in total. The monoisotopic (exact) mass is 469 g/mol. The molecule has 1 aliphatic rings. The summed E-state index contributed by atoms with van der Waals surface area (Å²) in [6.45, 7) is 7.94. The number of nitrogens with zero attached hydrogens (tertiary/aromatic N) is 3. The minimum absolute atomic E-state index is 0.112. The predicted octanol–water partition coefficient (Wildman–Crippen LogP) is 3.68. The lowest BCUT2D eigenvalue weighted by atomic mass is 9.98. The normalized spacial score (nSPS) is 15.4. The maximum atomic E-state index is 13.2. The Hall–Kier alpha value is -2.91. The molecule has 33 heavy (non-hydrogen) atoms. The smallest absolute Gasteiger partial charge is 0.245 e. The number of aromatic nitrogens is 2. The minimum Gasteiger partial charge on any atom is -0.371 e. The lowest BCUT2D eigenvalue weighted by Crippen LogP contribution is -2.35. The Labute approximate surface area is 195 Å². The van der Waals surface area contributed by atoms with Crippen LogP contribution in [0.1, 0.15) is 30.9 Å². The molecule has 1 amide bonds. The van der Waals surface area contributed by atoms with Crippen molar-refractivity contribution in [3.05, 3.63) is 47.7 Å². The van der Waals surface area contributed by atoms with Crippen LogP contribution in [0.4, 0.5) is 11.4 Å². The van der Waals surface area contributed by atoms with Gasteiger partial charge in [0.2, 0.25) is 15.9 Å². The molecule has 0 aliphatic carbocycles. The number of benzene rings is 2. The molecule has 2 aromatic carbocycles. The zero-order chi connectivity index (χ0) is 23.8. The van der Waals surface area contributed by atoms with Crippen molar-refractivity contribution in [2.75, 3.05) is 36.9 Å². The Morgan fingerprint density at radius 3 is 2.64 bits per heavy atom. The van der Waals surface area contributed by atoms with Crippen LogP contribution in [-0.2, 0) is 14.8 Å². The number of hydrogen-bond acceptors (Lipinski definition) is 5. The van der Waals surface area contributed by atoms with E-state index in [1.54, 1.807) is 12.3 Å². The average molecular weight is 470 g/mol. The van der Waals surface area contributed by atoms with E-state index < -0.39 is 15.9 Å². The van der Waals surface area contributed by atoms with Gasteiger partial charge in [0.05, 0.1) is 18.3 Å². The quantitative estimate of drug-likeness (QED) is 0.574. The van der Waals surface area contributed by atoms with Gasteiger partial charge in [-0.3, -0.25) is 9.89 Å². The van der Waals surface area contributed by atoms with Crippen molar-refractivity contribution in [2.24, 2.45) is 5.92 Å². The van der Waals surface area contributed by atoms with E-state index in [0.29, 0.717) is 16.6 Å². The number of H-pyrrole nitrogens is 1. The van der Waals surface area contributed by atoms with Crippen LogP contribution in [0.15, 0.2) is 41.4 Å². The first kappa shape index (κ1) is 23.3. The third-order valence-corrected chi connectivity index (χ3v) is 8.14. The summed E-state index contributed by atoms with van der Waals surface area (Å²) in [5, 5.41) is 10.3. The molecule has 3 aromatic rings. The van der Waals surface area contributed by atoms with Crippen LogP contribution in [0, 0.1) is 19.8 Å². The first-order valence-electron chi connectivity index (χ1n) is 11.2. The number of aromatic amines is 1. The summed E-state index contributed by atoms with van der Waals surface area (Å²) >= 11 is 0. The molecule has 1 aliphatic heterocycles. The Kier molecular flexibility index (Phi) is 6.45. The van der Waals surface area contributed by atoms with Gasteiger partial charge in [0.15, 0.2) is 0 Å². The number of piperidine rings is 1. The fourth-order valence-electron chi connectivity index (χ4n) is 4.36. The topological polar surface area (TPSA) is 98.4 Å². The highest BCUT2D eigenvalue weighted by molar-refractivity contribution is 7.89. The van der Waals surface area contributed by atoms with Crippen molar-refractivity contribution >= 4 is 38.2 Å². The van der Waals surface area contributed by atoms with E-state index in [9.17, 15) is 13.2 Å². The van der Waals surface area contributed by atoms with E-state index in [1.807, 2.05) is 38.1 Å². The van der Waals surface area contributed by atoms with Crippen molar-refractivity contribution in [3.8, 4) is 0 Å². The van der Waals surface area contributed by atoms with Gasteiger partial charge in [-0.2, -0.15) is 9.40 Å². The third-order valence-electron chi connectivity index (χ3n) is 6.32. The average Bonchev–Trinajstić information content (AvgIpc) is 3.22. The van der Waals surface area contributed by atoms with Crippen LogP contribution in [0.3, 0.4) is 0 Å². The summed E-state index contributed by atoms with van der Waals surface area (Å²) in [7, 11) is -2.48. The van der Waals surface area contributed by atoms with Crippen molar-refractivity contribution in [1.29, 1.82) is 0 Å². The zero-order valence-electron chi connectivity index (χ0n) is 19.6. The van der Waals surface area contributed by atoms with Crippen LogP contribution < -0.4 is 10.2 Å². The largest absolute Gasteiger partial charge is 0.371 e. The van der Waals surface area contributed by atoms with Crippen LogP contribution in [0.25, 0.3) is 10.9 Å². The highest BCUT2D eigenvalue weighted by atomic mass is 32.2. The Morgan fingerprint density at radius 2 is 1.94 bits per heavy atom. The van der Waals surface area contributed by atoms with Gasteiger partial charge < -0.3 is 10.2 Å². The van der Waals surface area contributed by atoms with Gasteiger partial charge in [0.1, 0.15) is 4.90 Å². The molecule has 1 saturated heterocycles. The van der Waals surface area contributed by atoms with Crippen molar-refractivity contribution < 1.29 is 13.2 Å². The molecular weight excluding hydrogens is 438 g/mol. The second-order valence-electron chi connectivity index (χ2n) is 9.08. The second-order valence-corrected chi connectivity index (χ2v) is 11.1. The number of hydrogen-bond donors (Lipinski definition) is 2. The number of anilines is 2. The van der Waals surface area contributed by atoms with E-state index in [0.717, 1.165) is 34.4 Å². The predicted molar refractivity (Wildman–Crippen MR) is 131 cm³/mol. The maximum Gasteiger partial charge on any atom is 0.245 e. The van der Waals surface area contributed by atoms with E-state index in [1.165, 1.54) is 25.6 Å². The van der Waals surface area contributed by atoms with Gasteiger partial charge in [-0.05, 0) is 74.1 Å². The number of carbonyl (C=O) groups excluding carboxylic acids is 1. The van der Waals surface area contributed by atoms with Crippen molar-refractivity contribution in [1.82, 2.24) is 14.5 Å².